The Hall–Kier alpha value is -4.39. The molecule has 0 saturated heterocycles. The predicted octanol–water partition coefficient (Wildman–Crippen LogP) is 3.63. The van der Waals surface area contributed by atoms with Crippen molar-refractivity contribution in [3.05, 3.63) is 128 Å². The van der Waals surface area contributed by atoms with Crippen molar-refractivity contribution in [1.29, 1.82) is 0 Å². The van der Waals surface area contributed by atoms with Gasteiger partial charge < -0.3 is 5.73 Å². The number of hydrogen-bond donors (Lipinski definition) is 2. The summed E-state index contributed by atoms with van der Waals surface area (Å²) in [6.45, 7) is 4.08. The van der Waals surface area contributed by atoms with Gasteiger partial charge in [0.1, 0.15) is 5.82 Å². The summed E-state index contributed by atoms with van der Waals surface area (Å²) in [5.41, 5.74) is 8.95. The molecule has 7 nitrogen and oxygen atoms in total. The molecule has 4 aromatic rings. The predicted molar refractivity (Wildman–Crippen MR) is 134 cm³/mol. The first-order valence-corrected chi connectivity index (χ1v) is 10.9. The Kier molecular flexibility index (Phi) is 6.45. The van der Waals surface area contributed by atoms with Gasteiger partial charge in [-0.1, -0.05) is 78.4 Å². The fraction of sp³-hybridized carbons (Fsp3) is 0.148. The number of H-pyrrole nitrogens is 1. The molecule has 3 N–H and O–H groups in total. The monoisotopic (exact) mass is 454 g/mol. The van der Waals surface area contributed by atoms with E-state index in [1.807, 2.05) is 86.6 Å². The number of aryl methyl sites for hydroxylation is 2. The number of aromatic nitrogens is 2. The highest BCUT2D eigenvalue weighted by Gasteiger charge is 2.26. The second kappa shape index (κ2) is 9.62. The molecule has 0 radical (unpaired) electrons. The molecule has 1 heterocycles. The molecule has 0 unspecified atom stereocenters. The number of carbonyl (C=O) groups is 1. The van der Waals surface area contributed by atoms with Gasteiger partial charge in [-0.05, 0) is 36.6 Å². The number of amides is 1. The average Bonchev–Trinajstić information content (AvgIpc) is 2.82. The highest BCUT2D eigenvalue weighted by molar-refractivity contribution is 6.08. The summed E-state index contributed by atoms with van der Waals surface area (Å²) in [6.07, 6.45) is 0. The number of benzene rings is 3. The number of aromatic amines is 1. The summed E-state index contributed by atoms with van der Waals surface area (Å²) in [7, 11) is 0. The summed E-state index contributed by atoms with van der Waals surface area (Å²) in [6, 6.07) is 24.1. The van der Waals surface area contributed by atoms with Crippen LogP contribution in [0.25, 0.3) is 0 Å². The summed E-state index contributed by atoms with van der Waals surface area (Å²) in [4.78, 5) is 43.1. The Morgan fingerprint density at radius 3 is 2.15 bits per heavy atom. The zero-order chi connectivity index (χ0) is 24.2. The van der Waals surface area contributed by atoms with Crippen LogP contribution in [0.1, 0.15) is 32.6 Å². The van der Waals surface area contributed by atoms with Crippen LogP contribution in [0, 0.1) is 13.8 Å². The van der Waals surface area contributed by atoms with Gasteiger partial charge in [0, 0.05) is 5.56 Å². The van der Waals surface area contributed by atoms with Crippen LogP contribution in [-0.2, 0) is 13.1 Å². The molecule has 0 atom stereocenters. The van der Waals surface area contributed by atoms with Crippen molar-refractivity contribution >= 4 is 17.4 Å². The highest BCUT2D eigenvalue weighted by atomic mass is 16.2. The average molecular weight is 455 g/mol. The molecular weight excluding hydrogens is 428 g/mol. The number of nitrogens with one attached hydrogen (secondary N) is 1. The van der Waals surface area contributed by atoms with Gasteiger partial charge in [0.15, 0.2) is 5.69 Å². The van der Waals surface area contributed by atoms with Gasteiger partial charge in [-0.3, -0.25) is 24.0 Å². The maximum absolute atomic E-state index is 13.8. The Morgan fingerprint density at radius 2 is 1.53 bits per heavy atom. The van der Waals surface area contributed by atoms with E-state index in [-0.39, 0.29) is 30.5 Å². The van der Waals surface area contributed by atoms with Crippen LogP contribution in [0.5, 0.6) is 0 Å². The molecule has 0 aliphatic rings. The van der Waals surface area contributed by atoms with Crippen molar-refractivity contribution in [2.45, 2.75) is 26.9 Å². The molecule has 0 bridgehead atoms. The molecule has 0 saturated carbocycles. The molecule has 0 spiro atoms. The molecule has 0 aliphatic heterocycles. The SMILES string of the molecule is Cc1ccc(C(=O)N(Cc2ccccc2)c2c(N)n(Cc3ccccc3)c(=O)[nH]c2=O)c(C)c1. The Balaban J connectivity index is 1.87. The van der Waals surface area contributed by atoms with Gasteiger partial charge in [0.2, 0.25) is 0 Å². The van der Waals surface area contributed by atoms with Gasteiger partial charge >= 0.3 is 5.69 Å². The minimum absolute atomic E-state index is 0.0515. The summed E-state index contributed by atoms with van der Waals surface area (Å²) in [5, 5.41) is 0. The zero-order valence-electron chi connectivity index (χ0n) is 19.1. The van der Waals surface area contributed by atoms with Gasteiger partial charge in [0.25, 0.3) is 11.5 Å². The van der Waals surface area contributed by atoms with Crippen LogP contribution >= 0.6 is 0 Å². The van der Waals surface area contributed by atoms with Crippen molar-refractivity contribution in [2.75, 3.05) is 10.6 Å². The standard InChI is InChI=1S/C27H26N4O3/c1-18-13-14-22(19(2)15-18)26(33)30(16-20-9-5-3-6-10-20)23-24(28)31(27(34)29-25(23)32)17-21-11-7-4-8-12-21/h3-15H,16-17,28H2,1-2H3,(H,29,32,34). The van der Waals surface area contributed by atoms with Crippen molar-refractivity contribution in [3.63, 3.8) is 0 Å². The Labute approximate surface area is 197 Å². The van der Waals surface area contributed by atoms with Gasteiger partial charge in [-0.2, -0.15) is 0 Å². The maximum Gasteiger partial charge on any atom is 0.330 e. The topological polar surface area (TPSA) is 101 Å². The van der Waals surface area contributed by atoms with E-state index in [2.05, 4.69) is 4.98 Å². The number of hydrogen-bond acceptors (Lipinski definition) is 4. The van der Waals surface area contributed by atoms with E-state index in [1.165, 1.54) is 9.47 Å². The number of nitrogens with two attached hydrogens (primary N) is 1. The fourth-order valence-electron chi connectivity index (χ4n) is 3.98. The van der Waals surface area contributed by atoms with E-state index in [0.717, 1.165) is 22.3 Å². The van der Waals surface area contributed by atoms with E-state index >= 15 is 0 Å². The van der Waals surface area contributed by atoms with Crippen molar-refractivity contribution < 1.29 is 4.79 Å². The van der Waals surface area contributed by atoms with Gasteiger partial charge in [-0.15, -0.1) is 0 Å². The van der Waals surface area contributed by atoms with Crippen LogP contribution in [-0.4, -0.2) is 15.5 Å². The summed E-state index contributed by atoms with van der Waals surface area (Å²) < 4.78 is 1.28. The van der Waals surface area contributed by atoms with Crippen LogP contribution in [0.2, 0.25) is 0 Å². The first-order chi connectivity index (χ1) is 16.3. The molecule has 172 valence electrons. The van der Waals surface area contributed by atoms with Crippen LogP contribution in [0.3, 0.4) is 0 Å². The molecular formula is C27H26N4O3. The Morgan fingerprint density at radius 1 is 0.912 bits per heavy atom. The van der Waals surface area contributed by atoms with Crippen LogP contribution < -0.4 is 21.9 Å². The zero-order valence-corrected chi connectivity index (χ0v) is 19.1. The number of nitrogens with zero attached hydrogens (tertiary/aromatic N) is 2. The smallest absolute Gasteiger partial charge is 0.330 e. The summed E-state index contributed by atoms with van der Waals surface area (Å²) in [5.74, 6) is -0.435. The minimum Gasteiger partial charge on any atom is -0.383 e. The molecule has 1 aromatic heterocycles. The van der Waals surface area contributed by atoms with Gasteiger partial charge in [-0.25, -0.2) is 4.79 Å². The molecule has 0 aliphatic carbocycles. The molecule has 1 amide bonds. The van der Waals surface area contributed by atoms with E-state index < -0.39 is 11.2 Å². The lowest BCUT2D eigenvalue weighted by atomic mass is 10.0. The second-order valence-corrected chi connectivity index (χ2v) is 8.26. The third-order valence-electron chi connectivity index (χ3n) is 5.71. The van der Waals surface area contributed by atoms with Gasteiger partial charge in [0.05, 0.1) is 13.1 Å². The minimum atomic E-state index is -0.708. The van der Waals surface area contributed by atoms with E-state index in [1.54, 1.807) is 6.07 Å². The van der Waals surface area contributed by atoms with Crippen LogP contribution in [0.15, 0.2) is 88.5 Å². The van der Waals surface area contributed by atoms with E-state index in [4.69, 9.17) is 5.73 Å². The molecule has 34 heavy (non-hydrogen) atoms. The molecule has 0 fully saturated rings. The molecule has 4 rings (SSSR count). The van der Waals surface area contributed by atoms with Crippen molar-refractivity contribution in [2.24, 2.45) is 0 Å². The number of carbonyl (C=O) groups excluding carboxylic acids is 1. The lowest BCUT2D eigenvalue weighted by molar-refractivity contribution is 0.0984. The third-order valence-corrected chi connectivity index (χ3v) is 5.71. The first kappa shape index (κ1) is 22.8. The molecule has 7 heteroatoms. The normalized spacial score (nSPS) is 10.8. The summed E-state index contributed by atoms with van der Waals surface area (Å²) >= 11 is 0. The number of nitrogen functional groups attached to an aromatic ring is 1. The lowest BCUT2D eigenvalue weighted by Crippen LogP contribution is -2.41. The lowest BCUT2D eigenvalue weighted by Gasteiger charge is -2.25. The maximum atomic E-state index is 13.8. The van der Waals surface area contributed by atoms with Crippen LogP contribution in [0.4, 0.5) is 11.5 Å². The molecule has 3 aromatic carbocycles. The fourth-order valence-corrected chi connectivity index (χ4v) is 3.98. The van der Waals surface area contributed by atoms with E-state index in [9.17, 15) is 14.4 Å². The quantitative estimate of drug-likeness (QED) is 0.465. The van der Waals surface area contributed by atoms with E-state index in [0.29, 0.717) is 5.56 Å². The largest absolute Gasteiger partial charge is 0.383 e. The van der Waals surface area contributed by atoms with Crippen molar-refractivity contribution in [1.82, 2.24) is 9.55 Å². The first-order valence-electron chi connectivity index (χ1n) is 10.9. The van der Waals surface area contributed by atoms with Crippen molar-refractivity contribution in [3.8, 4) is 0 Å². The third kappa shape index (κ3) is 4.68. The number of rotatable bonds is 6. The number of anilines is 2. The second-order valence-electron chi connectivity index (χ2n) is 8.26. The Bertz CT molecular complexity index is 1440. The highest BCUT2D eigenvalue weighted by Crippen LogP contribution is 2.24.